The zero-order valence-corrected chi connectivity index (χ0v) is 19.9. The van der Waals surface area contributed by atoms with Gasteiger partial charge in [-0.25, -0.2) is 0 Å². The molecule has 2 heterocycles. The van der Waals surface area contributed by atoms with E-state index in [1.165, 1.54) is 10.4 Å². The van der Waals surface area contributed by atoms with E-state index >= 15 is 0 Å². The second-order valence-corrected chi connectivity index (χ2v) is 14.2. The lowest BCUT2D eigenvalue weighted by molar-refractivity contribution is -0.288. The molecule has 2 fully saturated rings. The smallest absolute Gasteiger partial charge is 0.261 e. The molecule has 2 aliphatic rings. The van der Waals surface area contributed by atoms with Crippen molar-refractivity contribution in [3.8, 4) is 0 Å². The van der Waals surface area contributed by atoms with Crippen molar-refractivity contribution in [2.75, 3.05) is 13.2 Å². The molecule has 4 rings (SSSR count). The molecule has 0 radical (unpaired) electrons. The predicted molar refractivity (Wildman–Crippen MR) is 125 cm³/mol. The van der Waals surface area contributed by atoms with Crippen LogP contribution >= 0.6 is 0 Å². The van der Waals surface area contributed by atoms with E-state index in [0.717, 1.165) is 19.3 Å². The lowest BCUT2D eigenvalue weighted by atomic mass is 9.94. The van der Waals surface area contributed by atoms with Crippen LogP contribution in [0.15, 0.2) is 60.7 Å². The largest absolute Gasteiger partial charge is 0.405 e. The van der Waals surface area contributed by atoms with Gasteiger partial charge in [0.05, 0.1) is 25.7 Å². The van der Waals surface area contributed by atoms with Crippen LogP contribution in [0.25, 0.3) is 0 Å². The van der Waals surface area contributed by atoms with Crippen LogP contribution in [0.2, 0.25) is 5.04 Å². The molecule has 0 amide bonds. The Bertz CT molecular complexity index is 830. The van der Waals surface area contributed by atoms with E-state index in [1.807, 2.05) is 12.1 Å². The molecule has 2 saturated heterocycles. The summed E-state index contributed by atoms with van der Waals surface area (Å²) < 4.78 is 19.4. The Hall–Kier alpha value is -1.79. The van der Waals surface area contributed by atoms with Crippen molar-refractivity contribution < 1.29 is 18.7 Å². The summed E-state index contributed by atoms with van der Waals surface area (Å²) in [4.78, 5) is 12.6. The number of ether oxygens (including phenoxy) is 2. The standard InChI is InChI=1S/C26H34O4Si/c1-25(2,3)31(23-12-6-4-7-13-23,24-14-8-5-9-15-24)29-20-22-18-21(27)19-26(30-22)16-10-11-17-28-26/h4-9,12-15,22H,10-11,16-20H2,1-3H3/t22-,26-/m1/s1. The van der Waals surface area contributed by atoms with E-state index in [1.54, 1.807) is 0 Å². The Morgan fingerprint density at radius 2 is 1.61 bits per heavy atom. The summed E-state index contributed by atoms with van der Waals surface area (Å²) in [6, 6.07) is 21.2. The molecule has 31 heavy (non-hydrogen) atoms. The summed E-state index contributed by atoms with van der Waals surface area (Å²) in [6.45, 7) is 7.84. The number of carbonyl (C=O) groups is 1. The minimum Gasteiger partial charge on any atom is -0.405 e. The fourth-order valence-corrected chi connectivity index (χ4v) is 9.74. The number of carbonyl (C=O) groups excluding carboxylic acids is 1. The number of hydrogen-bond donors (Lipinski definition) is 0. The van der Waals surface area contributed by atoms with E-state index in [9.17, 15) is 4.79 Å². The number of Topliss-reactive ketones (excluding diaryl/α,β-unsaturated/α-hetero) is 1. The van der Waals surface area contributed by atoms with Crippen LogP contribution in [-0.4, -0.2) is 39.2 Å². The second kappa shape index (κ2) is 8.98. The number of benzene rings is 2. The molecule has 0 saturated carbocycles. The highest BCUT2D eigenvalue weighted by Crippen LogP contribution is 2.39. The first-order chi connectivity index (χ1) is 14.8. The first-order valence-electron chi connectivity index (χ1n) is 11.4. The third kappa shape index (κ3) is 4.56. The van der Waals surface area contributed by atoms with E-state index in [-0.39, 0.29) is 16.9 Å². The zero-order chi connectivity index (χ0) is 22.0. The summed E-state index contributed by atoms with van der Waals surface area (Å²) in [6.07, 6.45) is 3.33. The van der Waals surface area contributed by atoms with Crippen LogP contribution < -0.4 is 10.4 Å². The van der Waals surface area contributed by atoms with Crippen molar-refractivity contribution in [1.82, 2.24) is 0 Å². The Balaban J connectivity index is 1.66. The lowest BCUT2D eigenvalue weighted by Gasteiger charge is -2.46. The SMILES string of the molecule is CC(C)(C)[Si](OC[C@H]1CC(=O)C[C@@]2(CCCCO2)O1)(c1ccccc1)c1ccccc1. The van der Waals surface area contributed by atoms with Gasteiger partial charge in [-0.2, -0.15) is 0 Å². The van der Waals surface area contributed by atoms with Gasteiger partial charge in [-0.3, -0.25) is 4.79 Å². The van der Waals surface area contributed by atoms with E-state index in [4.69, 9.17) is 13.9 Å². The molecule has 0 bridgehead atoms. The quantitative estimate of drug-likeness (QED) is 0.656. The van der Waals surface area contributed by atoms with E-state index in [2.05, 4.69) is 69.3 Å². The summed E-state index contributed by atoms with van der Waals surface area (Å²) in [5, 5.41) is 2.37. The minimum atomic E-state index is -2.65. The first-order valence-corrected chi connectivity index (χ1v) is 13.3. The zero-order valence-electron chi connectivity index (χ0n) is 18.9. The summed E-state index contributed by atoms with van der Waals surface area (Å²) >= 11 is 0. The number of ketones is 1. The molecule has 2 aromatic carbocycles. The first kappa shape index (κ1) is 22.4. The Morgan fingerprint density at radius 1 is 1.00 bits per heavy atom. The molecule has 0 aromatic heterocycles. The topological polar surface area (TPSA) is 44.8 Å². The van der Waals surface area contributed by atoms with Crippen LogP contribution in [0.3, 0.4) is 0 Å². The van der Waals surface area contributed by atoms with E-state index < -0.39 is 14.1 Å². The van der Waals surface area contributed by atoms with Crippen LogP contribution in [-0.2, 0) is 18.7 Å². The van der Waals surface area contributed by atoms with Gasteiger partial charge in [0.2, 0.25) is 0 Å². The van der Waals surface area contributed by atoms with Crippen molar-refractivity contribution in [3.63, 3.8) is 0 Å². The third-order valence-corrected chi connectivity index (χ3v) is 11.5. The summed E-state index contributed by atoms with van der Waals surface area (Å²) in [5.74, 6) is -0.531. The molecule has 166 valence electrons. The molecule has 2 atom stereocenters. The van der Waals surface area contributed by atoms with Gasteiger partial charge in [0, 0.05) is 12.8 Å². The average molecular weight is 439 g/mol. The van der Waals surface area contributed by atoms with Crippen molar-refractivity contribution in [2.45, 2.75) is 69.8 Å². The molecule has 0 unspecified atom stereocenters. The normalized spacial score (nSPS) is 25.0. The van der Waals surface area contributed by atoms with Crippen LogP contribution in [0.4, 0.5) is 0 Å². The molecule has 2 aliphatic heterocycles. The van der Waals surface area contributed by atoms with Gasteiger partial charge in [-0.15, -0.1) is 0 Å². The maximum atomic E-state index is 12.6. The van der Waals surface area contributed by atoms with Crippen LogP contribution in [0.5, 0.6) is 0 Å². The fourth-order valence-electron chi connectivity index (χ4n) is 5.15. The molecule has 4 nitrogen and oxygen atoms in total. The van der Waals surface area contributed by atoms with Gasteiger partial charge < -0.3 is 13.9 Å². The third-order valence-electron chi connectivity index (χ3n) is 6.52. The Labute approximate surface area is 187 Å². The molecule has 1 spiro atoms. The monoisotopic (exact) mass is 438 g/mol. The molecular weight excluding hydrogens is 404 g/mol. The minimum absolute atomic E-state index is 0.104. The highest BCUT2D eigenvalue weighted by Gasteiger charge is 2.51. The summed E-state index contributed by atoms with van der Waals surface area (Å²) in [7, 11) is -2.65. The van der Waals surface area contributed by atoms with Crippen molar-refractivity contribution in [3.05, 3.63) is 60.7 Å². The number of hydrogen-bond acceptors (Lipinski definition) is 4. The van der Waals surface area contributed by atoms with Gasteiger partial charge in [-0.05, 0) is 28.3 Å². The molecule has 0 N–H and O–H groups in total. The molecule has 5 heteroatoms. The average Bonchev–Trinajstić information content (AvgIpc) is 2.75. The molecule has 0 aliphatic carbocycles. The highest BCUT2D eigenvalue weighted by molar-refractivity contribution is 6.99. The van der Waals surface area contributed by atoms with Crippen LogP contribution in [0, 0.1) is 0 Å². The van der Waals surface area contributed by atoms with Crippen molar-refractivity contribution in [1.29, 1.82) is 0 Å². The Kier molecular flexibility index (Phi) is 6.49. The maximum absolute atomic E-state index is 12.6. The van der Waals surface area contributed by atoms with Gasteiger partial charge in [-0.1, -0.05) is 81.4 Å². The van der Waals surface area contributed by atoms with Crippen molar-refractivity contribution >= 4 is 24.5 Å². The number of rotatable bonds is 5. The van der Waals surface area contributed by atoms with Gasteiger partial charge in [0.25, 0.3) is 8.32 Å². The predicted octanol–water partition coefficient (Wildman–Crippen LogP) is 4.21. The maximum Gasteiger partial charge on any atom is 0.261 e. The van der Waals surface area contributed by atoms with Gasteiger partial charge >= 0.3 is 0 Å². The fraction of sp³-hybridized carbons (Fsp3) is 0.500. The molecule has 2 aromatic rings. The van der Waals surface area contributed by atoms with Gasteiger partial charge in [0.15, 0.2) is 5.79 Å². The van der Waals surface area contributed by atoms with E-state index in [0.29, 0.717) is 26.1 Å². The Morgan fingerprint density at radius 3 is 2.13 bits per heavy atom. The van der Waals surface area contributed by atoms with Crippen LogP contribution in [0.1, 0.15) is 52.9 Å². The summed E-state index contributed by atoms with van der Waals surface area (Å²) in [5.41, 5.74) is 0. The lowest BCUT2D eigenvalue weighted by Crippen LogP contribution is -2.67. The van der Waals surface area contributed by atoms with Crippen molar-refractivity contribution in [2.24, 2.45) is 0 Å². The molecular formula is C26H34O4Si. The van der Waals surface area contributed by atoms with Gasteiger partial charge in [0.1, 0.15) is 5.78 Å². The highest BCUT2D eigenvalue weighted by atomic mass is 28.4. The second-order valence-electron chi connectivity index (χ2n) is 9.85.